The summed E-state index contributed by atoms with van der Waals surface area (Å²) in [6.45, 7) is 1.77. The molecule has 2 aromatic carbocycles. The molecule has 2 unspecified atom stereocenters. The average Bonchev–Trinajstić information content (AvgIpc) is 3.00. The molecule has 1 aliphatic heterocycles. The van der Waals surface area contributed by atoms with Crippen LogP contribution in [0.1, 0.15) is 23.6 Å². The highest BCUT2D eigenvalue weighted by atomic mass is 32.2. The molecule has 5 N–H and O–H groups in total. The predicted octanol–water partition coefficient (Wildman–Crippen LogP) is 2.19. The summed E-state index contributed by atoms with van der Waals surface area (Å²) in [7, 11) is -3.54. The lowest BCUT2D eigenvalue weighted by Crippen LogP contribution is -2.36. The molecule has 3 rings (SSSR count). The molecule has 0 aromatic heterocycles. The van der Waals surface area contributed by atoms with E-state index in [4.69, 9.17) is 0 Å². The summed E-state index contributed by atoms with van der Waals surface area (Å²) >= 11 is 0. The standard InChI is InChI=1S/C17H21FN4O3S/c1-10-7-16(22-26(2,24)25)13(18)8-14(10)19-17-9-15(20-21-17)11-3-5-12(23)6-4-11/h3-8,15,17,19-23H,9H2,1-2H3. The first-order valence-electron chi connectivity index (χ1n) is 8.06. The lowest BCUT2D eigenvalue weighted by Gasteiger charge is -2.17. The molecular weight excluding hydrogens is 359 g/mol. The molecule has 0 spiro atoms. The molecule has 140 valence electrons. The molecule has 9 heteroatoms. The Labute approximate surface area is 151 Å². The summed E-state index contributed by atoms with van der Waals surface area (Å²) in [5.41, 5.74) is 8.51. The molecule has 1 saturated heterocycles. The van der Waals surface area contributed by atoms with E-state index in [1.165, 1.54) is 12.1 Å². The molecule has 1 aliphatic rings. The van der Waals surface area contributed by atoms with E-state index in [1.807, 2.05) is 12.1 Å². The average molecular weight is 380 g/mol. The summed E-state index contributed by atoms with van der Waals surface area (Å²) in [5.74, 6) is -0.437. The number of phenols is 1. The number of halogens is 1. The third kappa shape index (κ3) is 4.43. The number of anilines is 2. The predicted molar refractivity (Wildman–Crippen MR) is 98.8 cm³/mol. The molecule has 1 fully saturated rings. The Bertz CT molecular complexity index is 903. The summed E-state index contributed by atoms with van der Waals surface area (Å²) in [6.07, 6.45) is 1.54. The summed E-state index contributed by atoms with van der Waals surface area (Å²) in [4.78, 5) is 0. The topological polar surface area (TPSA) is 102 Å². The van der Waals surface area contributed by atoms with Crippen LogP contribution in [0, 0.1) is 12.7 Å². The van der Waals surface area contributed by atoms with Crippen molar-refractivity contribution >= 4 is 21.4 Å². The molecule has 26 heavy (non-hydrogen) atoms. The largest absolute Gasteiger partial charge is 0.508 e. The van der Waals surface area contributed by atoms with Crippen molar-refractivity contribution < 1.29 is 17.9 Å². The maximum absolute atomic E-state index is 14.2. The zero-order valence-electron chi connectivity index (χ0n) is 14.4. The van der Waals surface area contributed by atoms with E-state index in [1.54, 1.807) is 19.1 Å². The summed E-state index contributed by atoms with van der Waals surface area (Å²) in [5, 5.41) is 12.6. The van der Waals surface area contributed by atoms with E-state index in [2.05, 4.69) is 20.9 Å². The summed E-state index contributed by atoms with van der Waals surface area (Å²) in [6, 6.07) is 9.72. The summed E-state index contributed by atoms with van der Waals surface area (Å²) < 4.78 is 38.9. The maximum Gasteiger partial charge on any atom is 0.229 e. The van der Waals surface area contributed by atoms with Crippen LogP contribution in [-0.2, 0) is 10.0 Å². The normalized spacial score (nSPS) is 20.1. The van der Waals surface area contributed by atoms with Gasteiger partial charge < -0.3 is 10.4 Å². The van der Waals surface area contributed by atoms with Crippen molar-refractivity contribution in [3.63, 3.8) is 0 Å². The van der Waals surface area contributed by atoms with Crippen LogP contribution < -0.4 is 20.9 Å². The molecule has 0 radical (unpaired) electrons. The molecular formula is C17H21FN4O3S. The Morgan fingerprint density at radius 2 is 1.85 bits per heavy atom. The third-order valence-corrected chi connectivity index (χ3v) is 4.73. The van der Waals surface area contributed by atoms with Gasteiger partial charge in [-0.15, -0.1) is 0 Å². The van der Waals surface area contributed by atoms with Crippen molar-refractivity contribution in [2.24, 2.45) is 0 Å². The second-order valence-corrected chi connectivity index (χ2v) is 8.14. The Balaban J connectivity index is 1.70. The monoisotopic (exact) mass is 380 g/mol. The number of phenolic OH excluding ortho intramolecular Hbond substituents is 1. The number of benzene rings is 2. The van der Waals surface area contributed by atoms with Crippen LogP contribution in [0.2, 0.25) is 0 Å². The van der Waals surface area contributed by atoms with E-state index in [-0.39, 0.29) is 23.6 Å². The molecule has 0 bridgehead atoms. The minimum atomic E-state index is -3.54. The van der Waals surface area contributed by atoms with Crippen LogP contribution in [0.25, 0.3) is 0 Å². The van der Waals surface area contributed by atoms with Crippen molar-refractivity contribution in [2.75, 3.05) is 16.3 Å². The van der Waals surface area contributed by atoms with Crippen LogP contribution in [-0.4, -0.2) is 25.9 Å². The van der Waals surface area contributed by atoms with Crippen LogP contribution in [0.4, 0.5) is 15.8 Å². The SMILES string of the molecule is Cc1cc(NS(C)(=O)=O)c(F)cc1NC1CC(c2ccc(O)cc2)NN1. The highest BCUT2D eigenvalue weighted by molar-refractivity contribution is 7.92. The van der Waals surface area contributed by atoms with Crippen LogP contribution >= 0.6 is 0 Å². The third-order valence-electron chi connectivity index (χ3n) is 4.14. The van der Waals surface area contributed by atoms with E-state index in [0.717, 1.165) is 11.8 Å². The minimum absolute atomic E-state index is 0.0458. The quantitative estimate of drug-likeness (QED) is 0.545. The number of hydrogen-bond donors (Lipinski definition) is 5. The fourth-order valence-electron chi connectivity index (χ4n) is 2.88. The molecule has 0 amide bonds. The second kappa shape index (κ2) is 7.10. The molecule has 2 aromatic rings. The first-order valence-corrected chi connectivity index (χ1v) is 9.95. The zero-order valence-corrected chi connectivity index (χ0v) is 15.2. The molecule has 1 heterocycles. The Hall–Kier alpha value is -2.36. The number of aryl methyl sites for hydroxylation is 1. The Morgan fingerprint density at radius 1 is 1.15 bits per heavy atom. The van der Waals surface area contributed by atoms with Gasteiger partial charge in [0.2, 0.25) is 10.0 Å². The smallest absolute Gasteiger partial charge is 0.229 e. The fourth-order valence-corrected chi connectivity index (χ4v) is 3.43. The molecule has 0 saturated carbocycles. The van der Waals surface area contributed by atoms with Gasteiger partial charge in [0.25, 0.3) is 0 Å². The lowest BCUT2D eigenvalue weighted by atomic mass is 10.0. The van der Waals surface area contributed by atoms with E-state index in [9.17, 15) is 17.9 Å². The van der Waals surface area contributed by atoms with Gasteiger partial charge in [-0.05, 0) is 42.3 Å². The van der Waals surface area contributed by atoms with Gasteiger partial charge in [0.15, 0.2) is 0 Å². The van der Waals surface area contributed by atoms with Gasteiger partial charge >= 0.3 is 0 Å². The zero-order chi connectivity index (χ0) is 18.9. The second-order valence-electron chi connectivity index (χ2n) is 6.39. The molecule has 2 atom stereocenters. The van der Waals surface area contributed by atoms with Gasteiger partial charge in [0.1, 0.15) is 11.6 Å². The molecule has 0 aliphatic carbocycles. The van der Waals surface area contributed by atoms with Gasteiger partial charge in [0.05, 0.1) is 18.1 Å². The van der Waals surface area contributed by atoms with E-state index in [0.29, 0.717) is 17.7 Å². The van der Waals surface area contributed by atoms with Crippen LogP contribution in [0.5, 0.6) is 5.75 Å². The van der Waals surface area contributed by atoms with Crippen molar-refractivity contribution in [3.8, 4) is 5.75 Å². The van der Waals surface area contributed by atoms with Crippen molar-refractivity contribution in [1.29, 1.82) is 0 Å². The van der Waals surface area contributed by atoms with E-state index < -0.39 is 15.8 Å². The lowest BCUT2D eigenvalue weighted by molar-refractivity contribution is 0.474. The number of hydrogen-bond acceptors (Lipinski definition) is 6. The Kier molecular flexibility index (Phi) is 5.03. The minimum Gasteiger partial charge on any atom is -0.508 e. The van der Waals surface area contributed by atoms with Crippen molar-refractivity contribution in [2.45, 2.75) is 25.6 Å². The number of rotatable bonds is 5. The molecule has 7 nitrogen and oxygen atoms in total. The fraction of sp³-hybridized carbons (Fsp3) is 0.294. The number of sulfonamides is 1. The van der Waals surface area contributed by atoms with Crippen LogP contribution in [0.15, 0.2) is 36.4 Å². The number of hydrazine groups is 1. The van der Waals surface area contributed by atoms with Crippen molar-refractivity contribution in [1.82, 2.24) is 10.9 Å². The van der Waals surface area contributed by atoms with Gasteiger partial charge in [-0.3, -0.25) is 4.72 Å². The van der Waals surface area contributed by atoms with Gasteiger partial charge in [-0.25, -0.2) is 23.7 Å². The first kappa shape index (κ1) is 18.4. The van der Waals surface area contributed by atoms with Crippen LogP contribution in [0.3, 0.4) is 0 Å². The number of aromatic hydroxyl groups is 1. The first-order chi connectivity index (χ1) is 12.2. The van der Waals surface area contributed by atoms with Gasteiger partial charge in [0, 0.05) is 18.2 Å². The maximum atomic E-state index is 14.2. The van der Waals surface area contributed by atoms with Crippen molar-refractivity contribution in [3.05, 3.63) is 53.3 Å². The number of nitrogens with one attached hydrogen (secondary N) is 4. The van der Waals surface area contributed by atoms with Gasteiger partial charge in [-0.1, -0.05) is 12.1 Å². The van der Waals surface area contributed by atoms with Gasteiger partial charge in [-0.2, -0.15) is 0 Å². The highest BCUT2D eigenvalue weighted by Crippen LogP contribution is 2.28. The highest BCUT2D eigenvalue weighted by Gasteiger charge is 2.25. The van der Waals surface area contributed by atoms with E-state index >= 15 is 0 Å². The Morgan fingerprint density at radius 3 is 2.50 bits per heavy atom.